The van der Waals surface area contributed by atoms with Crippen LogP contribution < -0.4 is 5.32 Å². The molecule has 2 atom stereocenters. The molecule has 1 aliphatic carbocycles. The van der Waals surface area contributed by atoms with Crippen LogP contribution >= 0.6 is 11.6 Å². The summed E-state index contributed by atoms with van der Waals surface area (Å²) in [5, 5.41) is 5.00. The van der Waals surface area contributed by atoms with E-state index in [0.717, 1.165) is 29.8 Å². The summed E-state index contributed by atoms with van der Waals surface area (Å²) in [5.41, 5.74) is 3.68. The van der Waals surface area contributed by atoms with Gasteiger partial charge in [-0.05, 0) is 43.0 Å². The molecular formula is C15H15ClN2O2. The molecule has 5 heteroatoms. The van der Waals surface area contributed by atoms with E-state index >= 15 is 0 Å². The Morgan fingerprint density at radius 2 is 2.30 bits per heavy atom. The number of fused-ring (bicyclic) bond motifs is 3. The molecule has 2 aromatic rings. The molecule has 1 aromatic carbocycles. The topological polar surface area (TPSA) is 57.4 Å². The molecule has 1 fully saturated rings. The van der Waals surface area contributed by atoms with Crippen molar-refractivity contribution in [2.75, 3.05) is 6.61 Å². The van der Waals surface area contributed by atoms with Crippen molar-refractivity contribution >= 4 is 28.4 Å². The number of rotatable bonds is 2. The highest BCUT2D eigenvalue weighted by Crippen LogP contribution is 2.31. The fourth-order valence-electron chi connectivity index (χ4n) is 3.01. The Balaban J connectivity index is 1.62. The minimum atomic E-state index is -0.214. The number of nitrogens with one attached hydrogen (secondary N) is 2. The van der Waals surface area contributed by atoms with Gasteiger partial charge < -0.3 is 15.0 Å². The van der Waals surface area contributed by atoms with Crippen LogP contribution in [-0.2, 0) is 22.4 Å². The average Bonchev–Trinajstić information content (AvgIpc) is 3.22. The highest BCUT2D eigenvalue weighted by molar-refractivity contribution is 6.31. The molecule has 1 aliphatic heterocycles. The monoisotopic (exact) mass is 290 g/mol. The zero-order valence-corrected chi connectivity index (χ0v) is 11.7. The summed E-state index contributed by atoms with van der Waals surface area (Å²) >= 11 is 6.09. The molecule has 1 aromatic heterocycles. The van der Waals surface area contributed by atoms with Crippen molar-refractivity contribution in [3.05, 3.63) is 34.5 Å². The summed E-state index contributed by atoms with van der Waals surface area (Å²) in [6, 6.07) is 6.11. The van der Waals surface area contributed by atoms with Gasteiger partial charge in [-0.3, -0.25) is 4.79 Å². The van der Waals surface area contributed by atoms with Gasteiger partial charge in [0.25, 0.3) is 5.91 Å². The maximum Gasteiger partial charge on any atom is 0.251 e. The fraction of sp³-hybridized carbons (Fsp3) is 0.400. The Kier molecular flexibility index (Phi) is 2.75. The number of hydrogen-bond donors (Lipinski definition) is 2. The van der Waals surface area contributed by atoms with Crippen molar-refractivity contribution in [3.8, 4) is 0 Å². The van der Waals surface area contributed by atoms with Crippen LogP contribution in [0, 0.1) is 0 Å². The third-order valence-corrected chi connectivity index (χ3v) is 4.36. The average molecular weight is 291 g/mol. The number of epoxide rings is 1. The van der Waals surface area contributed by atoms with Crippen molar-refractivity contribution in [1.29, 1.82) is 0 Å². The summed E-state index contributed by atoms with van der Waals surface area (Å²) in [4.78, 5) is 15.2. The first-order valence-electron chi connectivity index (χ1n) is 6.91. The Morgan fingerprint density at radius 1 is 1.45 bits per heavy atom. The summed E-state index contributed by atoms with van der Waals surface area (Å²) < 4.78 is 5.02. The first-order chi connectivity index (χ1) is 9.70. The van der Waals surface area contributed by atoms with Gasteiger partial charge in [-0.25, -0.2) is 0 Å². The summed E-state index contributed by atoms with van der Waals surface area (Å²) in [6.45, 7) is 0.562. The summed E-state index contributed by atoms with van der Waals surface area (Å²) in [5.74, 6) is 0.0244. The molecule has 0 bridgehead atoms. The Bertz CT molecular complexity index is 690. The predicted octanol–water partition coefficient (Wildman–Crippen LogP) is 2.19. The number of ether oxygens (including phenoxy) is 1. The van der Waals surface area contributed by atoms with Gasteiger partial charge in [-0.1, -0.05) is 11.6 Å². The fourth-order valence-corrected chi connectivity index (χ4v) is 3.18. The van der Waals surface area contributed by atoms with Crippen molar-refractivity contribution in [1.82, 2.24) is 10.3 Å². The van der Waals surface area contributed by atoms with E-state index in [2.05, 4.69) is 10.3 Å². The molecular weight excluding hydrogens is 276 g/mol. The van der Waals surface area contributed by atoms with Gasteiger partial charge in [-0.15, -0.1) is 0 Å². The number of carbonyl (C=O) groups excluding carboxylic acids is 1. The molecule has 2 heterocycles. The lowest BCUT2D eigenvalue weighted by molar-refractivity contribution is -0.123. The zero-order chi connectivity index (χ0) is 13.7. The first-order valence-corrected chi connectivity index (χ1v) is 7.29. The summed E-state index contributed by atoms with van der Waals surface area (Å²) in [6.07, 6.45) is 2.56. The lowest BCUT2D eigenvalue weighted by Gasteiger charge is -2.23. The number of aryl methyl sites for hydroxylation is 1. The molecule has 2 N–H and O–H groups in total. The second-order valence-corrected chi connectivity index (χ2v) is 5.98. The smallest absolute Gasteiger partial charge is 0.251 e. The Morgan fingerprint density at radius 3 is 3.10 bits per heavy atom. The SMILES string of the molecule is O=C(NC1CCc2[nH]c3ccc(Cl)cc3c2C1)C1CO1. The molecule has 4 nitrogen and oxygen atoms in total. The largest absolute Gasteiger partial charge is 0.363 e. The molecule has 4 rings (SSSR count). The number of aromatic amines is 1. The molecule has 104 valence electrons. The van der Waals surface area contributed by atoms with E-state index in [0.29, 0.717) is 6.61 Å². The normalized spacial score (nSPS) is 24.4. The lowest BCUT2D eigenvalue weighted by Crippen LogP contribution is -2.40. The minimum absolute atomic E-state index is 0.0244. The van der Waals surface area contributed by atoms with E-state index < -0.39 is 0 Å². The van der Waals surface area contributed by atoms with Crippen LogP contribution in [0.1, 0.15) is 17.7 Å². The van der Waals surface area contributed by atoms with Gasteiger partial charge in [0.2, 0.25) is 0 Å². The number of halogens is 1. The minimum Gasteiger partial charge on any atom is -0.363 e. The molecule has 20 heavy (non-hydrogen) atoms. The highest BCUT2D eigenvalue weighted by Gasteiger charge is 2.33. The Hall–Kier alpha value is -1.52. The second kappa shape index (κ2) is 4.50. The maximum atomic E-state index is 11.8. The van der Waals surface area contributed by atoms with Crippen LogP contribution in [-0.4, -0.2) is 29.6 Å². The molecule has 1 amide bonds. The number of hydrogen-bond acceptors (Lipinski definition) is 2. The molecule has 1 saturated heterocycles. The van der Waals surface area contributed by atoms with Gasteiger partial charge in [-0.2, -0.15) is 0 Å². The number of H-pyrrole nitrogens is 1. The quantitative estimate of drug-likeness (QED) is 0.833. The van der Waals surface area contributed by atoms with Crippen molar-refractivity contribution in [3.63, 3.8) is 0 Å². The number of carbonyl (C=O) groups is 1. The molecule has 0 spiro atoms. The molecule has 0 saturated carbocycles. The van der Waals surface area contributed by atoms with E-state index in [-0.39, 0.29) is 18.1 Å². The van der Waals surface area contributed by atoms with Gasteiger partial charge in [0, 0.05) is 27.7 Å². The van der Waals surface area contributed by atoms with Crippen LogP contribution in [0.25, 0.3) is 10.9 Å². The molecule has 2 aliphatic rings. The molecule has 2 unspecified atom stereocenters. The van der Waals surface area contributed by atoms with Crippen molar-refractivity contribution < 1.29 is 9.53 Å². The van der Waals surface area contributed by atoms with Gasteiger partial charge in [0.05, 0.1) is 6.61 Å². The van der Waals surface area contributed by atoms with E-state index in [1.165, 1.54) is 16.6 Å². The van der Waals surface area contributed by atoms with E-state index in [1.54, 1.807) is 0 Å². The lowest BCUT2D eigenvalue weighted by atomic mass is 9.91. The van der Waals surface area contributed by atoms with E-state index in [4.69, 9.17) is 16.3 Å². The third kappa shape index (κ3) is 2.09. The Labute approximate surface area is 121 Å². The molecule has 0 radical (unpaired) electrons. The number of aromatic nitrogens is 1. The zero-order valence-electron chi connectivity index (χ0n) is 10.9. The van der Waals surface area contributed by atoms with Gasteiger partial charge in [0.1, 0.15) is 0 Å². The number of benzene rings is 1. The number of amides is 1. The van der Waals surface area contributed by atoms with Crippen LogP contribution in [0.4, 0.5) is 0 Å². The third-order valence-electron chi connectivity index (χ3n) is 4.12. The van der Waals surface area contributed by atoms with Crippen molar-refractivity contribution in [2.24, 2.45) is 0 Å². The van der Waals surface area contributed by atoms with Gasteiger partial charge in [0.15, 0.2) is 6.10 Å². The van der Waals surface area contributed by atoms with Crippen LogP contribution in [0.3, 0.4) is 0 Å². The van der Waals surface area contributed by atoms with E-state index in [9.17, 15) is 4.79 Å². The van der Waals surface area contributed by atoms with E-state index in [1.807, 2.05) is 18.2 Å². The van der Waals surface area contributed by atoms with Gasteiger partial charge >= 0.3 is 0 Å². The van der Waals surface area contributed by atoms with Crippen LogP contribution in [0.2, 0.25) is 5.02 Å². The highest BCUT2D eigenvalue weighted by atomic mass is 35.5. The van der Waals surface area contributed by atoms with Crippen LogP contribution in [0.5, 0.6) is 0 Å². The first kappa shape index (κ1) is 12.2. The summed E-state index contributed by atoms with van der Waals surface area (Å²) in [7, 11) is 0. The maximum absolute atomic E-state index is 11.8. The second-order valence-electron chi connectivity index (χ2n) is 5.54. The van der Waals surface area contributed by atoms with Crippen LogP contribution in [0.15, 0.2) is 18.2 Å². The predicted molar refractivity (Wildman–Crippen MR) is 77.0 cm³/mol. The van der Waals surface area contributed by atoms with Crippen molar-refractivity contribution in [2.45, 2.75) is 31.4 Å². The standard InChI is InChI=1S/C15H15ClN2O2/c16-8-1-3-12-10(5-8)11-6-9(2-4-13(11)18-12)17-15(19)14-7-20-14/h1,3,5,9,14,18H,2,4,6-7H2,(H,17,19).